The number of amides is 1. The summed E-state index contributed by atoms with van der Waals surface area (Å²) in [4.78, 5) is 12.2. The highest BCUT2D eigenvalue weighted by Crippen LogP contribution is 2.47. The van der Waals surface area contributed by atoms with E-state index in [9.17, 15) is 4.79 Å². The van der Waals surface area contributed by atoms with E-state index in [-0.39, 0.29) is 11.8 Å². The third-order valence-electron chi connectivity index (χ3n) is 4.23. The molecule has 1 aliphatic carbocycles. The Morgan fingerprint density at radius 1 is 1.08 bits per heavy atom. The maximum absolute atomic E-state index is 12.2. The highest BCUT2D eigenvalue weighted by Gasteiger charge is 2.43. The Morgan fingerprint density at radius 2 is 1.79 bits per heavy atom. The minimum Gasteiger partial charge on any atom is -0.357 e. The van der Waals surface area contributed by atoms with Crippen molar-refractivity contribution in [2.24, 2.45) is 5.92 Å². The van der Waals surface area contributed by atoms with Gasteiger partial charge in [0.1, 0.15) is 0 Å². The Kier molecular flexibility index (Phi) is 5.11. The molecule has 0 aromatic heterocycles. The Bertz CT molecular complexity index is 715. The molecule has 1 saturated carbocycles. The van der Waals surface area contributed by atoms with Crippen LogP contribution in [-0.2, 0) is 11.3 Å². The van der Waals surface area contributed by atoms with E-state index in [0.29, 0.717) is 17.6 Å². The van der Waals surface area contributed by atoms with Gasteiger partial charge in [0.25, 0.3) is 0 Å². The maximum atomic E-state index is 12.2. The van der Waals surface area contributed by atoms with Crippen LogP contribution < -0.4 is 16.2 Å². The van der Waals surface area contributed by atoms with Crippen LogP contribution >= 0.6 is 12.2 Å². The molecule has 2 atom stereocenters. The summed E-state index contributed by atoms with van der Waals surface area (Å²) in [6.45, 7) is 2.69. The van der Waals surface area contributed by atoms with E-state index in [1.807, 2.05) is 30.3 Å². The van der Waals surface area contributed by atoms with Crippen molar-refractivity contribution in [3.63, 3.8) is 0 Å². The maximum Gasteiger partial charge on any atom is 0.242 e. The molecule has 2 aromatic rings. The third kappa shape index (κ3) is 4.32. The molecule has 2 aromatic carbocycles. The average molecular weight is 339 g/mol. The number of rotatable bonds is 4. The van der Waals surface area contributed by atoms with E-state index >= 15 is 0 Å². The highest BCUT2D eigenvalue weighted by atomic mass is 32.1. The van der Waals surface area contributed by atoms with Crippen molar-refractivity contribution in [3.05, 3.63) is 71.3 Å². The van der Waals surface area contributed by atoms with Crippen LogP contribution in [0.25, 0.3) is 0 Å². The lowest BCUT2D eigenvalue weighted by molar-refractivity contribution is -0.122. The predicted molar refractivity (Wildman–Crippen MR) is 99.2 cm³/mol. The van der Waals surface area contributed by atoms with E-state index in [1.54, 1.807) is 0 Å². The van der Waals surface area contributed by atoms with Gasteiger partial charge in [-0.1, -0.05) is 60.2 Å². The molecule has 0 radical (unpaired) electrons. The summed E-state index contributed by atoms with van der Waals surface area (Å²) in [6, 6.07) is 18.4. The standard InChI is InChI=1S/C19H21N3OS/c1-13-7-9-15(10-8-13)16-11-17(16)18(23)21-22-19(24)20-12-14-5-3-2-4-6-14/h2-10,16-17H,11-12H2,1H3,(H,21,23)(H2,20,22,24)/t16-,17+/m0/s1. The summed E-state index contributed by atoms with van der Waals surface area (Å²) in [7, 11) is 0. The predicted octanol–water partition coefficient (Wildman–Crippen LogP) is 2.79. The molecule has 3 N–H and O–H groups in total. The minimum absolute atomic E-state index is 0.00978. The summed E-state index contributed by atoms with van der Waals surface area (Å²) in [5.74, 6) is 0.333. The number of hydrogen-bond donors (Lipinski definition) is 3. The average Bonchev–Trinajstić information content (AvgIpc) is 3.40. The molecule has 24 heavy (non-hydrogen) atoms. The van der Waals surface area contributed by atoms with Gasteiger partial charge >= 0.3 is 0 Å². The third-order valence-corrected chi connectivity index (χ3v) is 4.47. The van der Waals surface area contributed by atoms with Crippen molar-refractivity contribution >= 4 is 23.2 Å². The minimum atomic E-state index is -0.00978. The Labute approximate surface area is 147 Å². The highest BCUT2D eigenvalue weighted by molar-refractivity contribution is 7.80. The van der Waals surface area contributed by atoms with Crippen LogP contribution in [0.15, 0.2) is 54.6 Å². The van der Waals surface area contributed by atoms with Crippen molar-refractivity contribution in [2.45, 2.75) is 25.8 Å². The fraction of sp³-hybridized carbons (Fsp3) is 0.263. The van der Waals surface area contributed by atoms with Crippen LogP contribution in [0, 0.1) is 12.8 Å². The van der Waals surface area contributed by atoms with Crippen LogP contribution in [0.1, 0.15) is 29.0 Å². The zero-order chi connectivity index (χ0) is 16.9. The first-order valence-electron chi connectivity index (χ1n) is 8.07. The summed E-state index contributed by atoms with van der Waals surface area (Å²) < 4.78 is 0. The number of carbonyl (C=O) groups excluding carboxylic acids is 1. The van der Waals surface area contributed by atoms with Crippen molar-refractivity contribution in [2.75, 3.05) is 0 Å². The van der Waals surface area contributed by atoms with Gasteiger partial charge < -0.3 is 5.32 Å². The molecule has 5 heteroatoms. The van der Waals surface area contributed by atoms with Crippen LogP contribution in [-0.4, -0.2) is 11.0 Å². The molecular weight excluding hydrogens is 318 g/mol. The van der Waals surface area contributed by atoms with Gasteiger partial charge in [-0.3, -0.25) is 15.6 Å². The zero-order valence-electron chi connectivity index (χ0n) is 13.6. The number of nitrogens with one attached hydrogen (secondary N) is 3. The number of carbonyl (C=O) groups is 1. The smallest absolute Gasteiger partial charge is 0.242 e. The van der Waals surface area contributed by atoms with Gasteiger partial charge in [-0.25, -0.2) is 0 Å². The van der Waals surface area contributed by atoms with E-state index in [4.69, 9.17) is 12.2 Å². The molecule has 0 bridgehead atoms. The second-order valence-electron chi connectivity index (χ2n) is 6.14. The fourth-order valence-corrected chi connectivity index (χ4v) is 2.82. The molecule has 0 heterocycles. The lowest BCUT2D eigenvalue weighted by Crippen LogP contribution is -2.47. The Balaban J connectivity index is 1.40. The second-order valence-corrected chi connectivity index (χ2v) is 6.55. The van der Waals surface area contributed by atoms with Gasteiger partial charge in [-0.15, -0.1) is 0 Å². The van der Waals surface area contributed by atoms with E-state index in [0.717, 1.165) is 12.0 Å². The fourth-order valence-electron chi connectivity index (χ4n) is 2.70. The molecule has 1 amide bonds. The normalized spacial score (nSPS) is 18.5. The number of benzene rings is 2. The van der Waals surface area contributed by atoms with E-state index < -0.39 is 0 Å². The molecule has 4 nitrogen and oxygen atoms in total. The van der Waals surface area contributed by atoms with Crippen molar-refractivity contribution in [1.29, 1.82) is 0 Å². The zero-order valence-corrected chi connectivity index (χ0v) is 14.4. The molecule has 124 valence electrons. The molecule has 0 unspecified atom stereocenters. The molecule has 3 rings (SSSR count). The van der Waals surface area contributed by atoms with Crippen LogP contribution in [0.5, 0.6) is 0 Å². The van der Waals surface area contributed by atoms with Crippen molar-refractivity contribution < 1.29 is 4.79 Å². The van der Waals surface area contributed by atoms with Crippen molar-refractivity contribution in [1.82, 2.24) is 16.2 Å². The largest absolute Gasteiger partial charge is 0.357 e. The van der Waals surface area contributed by atoms with Gasteiger partial charge in [0, 0.05) is 12.5 Å². The lowest BCUT2D eigenvalue weighted by Gasteiger charge is -2.11. The van der Waals surface area contributed by atoms with Gasteiger partial charge in [0.15, 0.2) is 5.11 Å². The number of hydrogen-bond acceptors (Lipinski definition) is 2. The molecule has 1 aliphatic rings. The lowest BCUT2D eigenvalue weighted by atomic mass is 10.1. The summed E-state index contributed by atoms with van der Waals surface area (Å²) in [5.41, 5.74) is 9.07. The quantitative estimate of drug-likeness (QED) is 0.592. The van der Waals surface area contributed by atoms with Crippen LogP contribution in [0.3, 0.4) is 0 Å². The first kappa shape index (κ1) is 16.5. The van der Waals surface area contributed by atoms with Gasteiger partial charge in [0.2, 0.25) is 5.91 Å². The van der Waals surface area contributed by atoms with Gasteiger partial charge in [-0.05, 0) is 42.6 Å². The van der Waals surface area contributed by atoms with Gasteiger partial charge in [0.05, 0.1) is 0 Å². The van der Waals surface area contributed by atoms with Crippen LogP contribution in [0.2, 0.25) is 0 Å². The summed E-state index contributed by atoms with van der Waals surface area (Å²) >= 11 is 5.18. The van der Waals surface area contributed by atoms with E-state index in [2.05, 4.69) is 47.4 Å². The summed E-state index contributed by atoms with van der Waals surface area (Å²) in [6.07, 6.45) is 0.890. The Hall–Kier alpha value is -2.40. The molecule has 0 aliphatic heterocycles. The monoisotopic (exact) mass is 339 g/mol. The topological polar surface area (TPSA) is 53.2 Å². The molecular formula is C19H21N3OS. The molecule has 1 fully saturated rings. The van der Waals surface area contributed by atoms with Crippen LogP contribution in [0.4, 0.5) is 0 Å². The number of thiocarbonyl (C=S) groups is 1. The van der Waals surface area contributed by atoms with E-state index in [1.165, 1.54) is 11.1 Å². The second kappa shape index (κ2) is 7.45. The molecule has 0 saturated heterocycles. The SMILES string of the molecule is Cc1ccc([C@@H]2C[C@H]2C(=O)NNC(=S)NCc2ccccc2)cc1. The first-order chi connectivity index (χ1) is 11.6. The van der Waals surface area contributed by atoms with Crippen molar-refractivity contribution in [3.8, 4) is 0 Å². The first-order valence-corrected chi connectivity index (χ1v) is 8.48. The summed E-state index contributed by atoms with van der Waals surface area (Å²) in [5, 5.41) is 3.48. The number of hydrazine groups is 1. The van der Waals surface area contributed by atoms with Gasteiger partial charge in [-0.2, -0.15) is 0 Å². The number of aryl methyl sites for hydroxylation is 1. The molecule has 0 spiro atoms. The Morgan fingerprint density at radius 3 is 2.50 bits per heavy atom.